The van der Waals surface area contributed by atoms with E-state index in [0.717, 1.165) is 22.3 Å². The first kappa shape index (κ1) is 30.0. The Morgan fingerprint density at radius 1 is 1.03 bits per heavy atom. The number of aromatic nitrogens is 2. The minimum atomic E-state index is -0.164. The molecule has 2 aromatic heterocycles. The molecule has 1 unspecified atom stereocenters. The summed E-state index contributed by atoms with van der Waals surface area (Å²) in [5.74, 6) is 0.925. The molecule has 5 rings (SSSR count). The Kier molecular flexibility index (Phi) is 9.97. The smallest absolute Gasteiger partial charge is 0.261 e. The molecule has 2 aromatic carbocycles. The zero-order valence-electron chi connectivity index (χ0n) is 22.1. The van der Waals surface area contributed by atoms with Crippen LogP contribution in [-0.2, 0) is 4.79 Å². The van der Waals surface area contributed by atoms with E-state index in [0.29, 0.717) is 48.8 Å². The van der Waals surface area contributed by atoms with Gasteiger partial charge < -0.3 is 20.3 Å². The van der Waals surface area contributed by atoms with Crippen LogP contribution in [0.25, 0.3) is 16.7 Å². The van der Waals surface area contributed by atoms with Crippen LogP contribution in [0.1, 0.15) is 27.9 Å². The number of nitrogens with one attached hydrogen (secondary N) is 2. The van der Waals surface area contributed by atoms with Gasteiger partial charge in [0.25, 0.3) is 5.91 Å². The summed E-state index contributed by atoms with van der Waals surface area (Å²) in [4.78, 5) is 32.6. The highest BCUT2D eigenvalue weighted by Crippen LogP contribution is 2.39. The van der Waals surface area contributed by atoms with Crippen LogP contribution in [-0.4, -0.2) is 59.0 Å². The first-order chi connectivity index (χ1) is 18.0. The topological polar surface area (TPSA) is 88.5 Å². The molecule has 2 N–H and O–H groups in total. The molecule has 206 valence electrons. The van der Waals surface area contributed by atoms with E-state index < -0.39 is 0 Å². The average Bonchev–Trinajstić information content (AvgIpc) is 3.24. The molecule has 39 heavy (non-hydrogen) atoms. The molecular weight excluding hydrogens is 537 g/mol. The molecule has 4 aromatic rings. The van der Waals surface area contributed by atoms with E-state index in [1.807, 2.05) is 79.1 Å². The van der Waals surface area contributed by atoms with Gasteiger partial charge in [-0.2, -0.15) is 0 Å². The predicted molar refractivity (Wildman–Crippen MR) is 158 cm³/mol. The fourth-order valence-corrected chi connectivity index (χ4v) is 4.90. The SMILES string of the molecule is CNC(=O)CC1CN(C(=O)c2c(Oc3c(C)cccc3C)n(-c3ccccc3)c3cccnc23)CCN1.Cl.Cl. The summed E-state index contributed by atoms with van der Waals surface area (Å²) in [6.07, 6.45) is 2.00. The van der Waals surface area contributed by atoms with Crippen molar-refractivity contribution in [2.45, 2.75) is 26.3 Å². The number of aryl methyl sites for hydroxylation is 2. The van der Waals surface area contributed by atoms with Crippen molar-refractivity contribution in [1.82, 2.24) is 25.1 Å². The van der Waals surface area contributed by atoms with Gasteiger partial charge in [-0.25, -0.2) is 0 Å². The summed E-state index contributed by atoms with van der Waals surface area (Å²) in [6, 6.07) is 19.5. The molecule has 0 saturated carbocycles. The Balaban J connectivity index is 0.00000210. The van der Waals surface area contributed by atoms with Crippen molar-refractivity contribution in [3.8, 4) is 17.3 Å². The third kappa shape index (κ3) is 6.03. The highest BCUT2D eigenvalue weighted by Gasteiger charge is 2.33. The number of hydrogen-bond donors (Lipinski definition) is 2. The van der Waals surface area contributed by atoms with Crippen LogP contribution in [0.15, 0.2) is 66.9 Å². The van der Waals surface area contributed by atoms with E-state index in [2.05, 4.69) is 15.6 Å². The Labute approximate surface area is 240 Å². The van der Waals surface area contributed by atoms with Crippen LogP contribution in [0.2, 0.25) is 0 Å². The van der Waals surface area contributed by atoms with E-state index in [4.69, 9.17) is 4.74 Å². The van der Waals surface area contributed by atoms with Crippen LogP contribution in [0.3, 0.4) is 0 Å². The largest absolute Gasteiger partial charge is 0.439 e. The maximum absolute atomic E-state index is 14.2. The molecule has 0 aliphatic carbocycles. The molecule has 1 saturated heterocycles. The molecule has 1 aliphatic rings. The number of fused-ring (bicyclic) bond motifs is 1. The second-order valence-corrected chi connectivity index (χ2v) is 9.32. The Morgan fingerprint density at radius 3 is 2.44 bits per heavy atom. The molecule has 10 heteroatoms. The molecule has 0 spiro atoms. The second kappa shape index (κ2) is 13.0. The maximum Gasteiger partial charge on any atom is 0.261 e. The molecule has 2 amide bonds. The van der Waals surface area contributed by atoms with Crippen LogP contribution < -0.4 is 15.4 Å². The third-order valence-corrected chi connectivity index (χ3v) is 6.77. The number of para-hydroxylation sites is 2. The van der Waals surface area contributed by atoms with E-state index >= 15 is 0 Å². The number of ether oxygens (including phenoxy) is 1. The highest BCUT2D eigenvalue weighted by molar-refractivity contribution is 6.09. The van der Waals surface area contributed by atoms with Crippen LogP contribution >= 0.6 is 24.8 Å². The third-order valence-electron chi connectivity index (χ3n) is 6.77. The van der Waals surface area contributed by atoms with E-state index in [1.165, 1.54) is 0 Å². The lowest BCUT2D eigenvalue weighted by Gasteiger charge is -2.33. The summed E-state index contributed by atoms with van der Waals surface area (Å²) in [5, 5.41) is 6.02. The van der Waals surface area contributed by atoms with Gasteiger partial charge >= 0.3 is 0 Å². The number of rotatable bonds is 6. The van der Waals surface area contributed by atoms with Gasteiger partial charge in [-0.1, -0.05) is 36.4 Å². The summed E-state index contributed by atoms with van der Waals surface area (Å²) in [7, 11) is 1.62. The quantitative estimate of drug-likeness (QED) is 0.347. The number of carbonyl (C=O) groups is 2. The number of pyridine rings is 1. The molecule has 8 nitrogen and oxygen atoms in total. The van der Waals surface area contributed by atoms with Gasteiger partial charge in [0.2, 0.25) is 11.8 Å². The molecule has 1 fully saturated rings. The van der Waals surface area contributed by atoms with Gasteiger partial charge in [-0.15, -0.1) is 24.8 Å². The predicted octanol–water partition coefficient (Wildman–Crippen LogP) is 4.83. The van der Waals surface area contributed by atoms with Crippen molar-refractivity contribution >= 4 is 47.7 Å². The lowest BCUT2D eigenvalue weighted by atomic mass is 10.1. The number of hydrogen-bond acceptors (Lipinski definition) is 5. The van der Waals surface area contributed by atoms with Crippen LogP contribution in [0, 0.1) is 13.8 Å². The fourth-order valence-electron chi connectivity index (χ4n) is 4.90. The Morgan fingerprint density at radius 2 is 1.74 bits per heavy atom. The molecular formula is C29H33Cl2N5O3. The van der Waals surface area contributed by atoms with Crippen molar-refractivity contribution in [3.05, 3.63) is 83.6 Å². The van der Waals surface area contributed by atoms with Crippen molar-refractivity contribution in [1.29, 1.82) is 0 Å². The van der Waals surface area contributed by atoms with Gasteiger partial charge in [0.15, 0.2) is 0 Å². The minimum Gasteiger partial charge on any atom is -0.439 e. The van der Waals surface area contributed by atoms with Crippen molar-refractivity contribution in [2.24, 2.45) is 0 Å². The van der Waals surface area contributed by atoms with E-state index in [1.54, 1.807) is 18.1 Å². The minimum absolute atomic E-state index is 0. The zero-order valence-corrected chi connectivity index (χ0v) is 23.8. The van der Waals surface area contributed by atoms with Gasteiger partial charge in [-0.05, 0) is 49.2 Å². The second-order valence-electron chi connectivity index (χ2n) is 9.32. The van der Waals surface area contributed by atoms with E-state index in [-0.39, 0.29) is 42.7 Å². The average molecular weight is 571 g/mol. The van der Waals surface area contributed by atoms with Crippen LogP contribution in [0.4, 0.5) is 0 Å². The van der Waals surface area contributed by atoms with Gasteiger partial charge in [0.05, 0.1) is 5.52 Å². The normalized spacial score (nSPS) is 14.7. The number of carbonyl (C=O) groups excluding carboxylic acids is 2. The number of piperazine rings is 1. The Hall–Kier alpha value is -3.59. The van der Waals surface area contributed by atoms with Gasteiger partial charge in [-0.3, -0.25) is 19.1 Å². The lowest BCUT2D eigenvalue weighted by molar-refractivity contribution is -0.121. The first-order valence-corrected chi connectivity index (χ1v) is 12.5. The molecule has 0 bridgehead atoms. The van der Waals surface area contributed by atoms with E-state index in [9.17, 15) is 9.59 Å². The highest BCUT2D eigenvalue weighted by atomic mass is 35.5. The van der Waals surface area contributed by atoms with Gasteiger partial charge in [0.1, 0.15) is 16.8 Å². The van der Waals surface area contributed by atoms with Gasteiger partial charge in [0, 0.05) is 51.0 Å². The number of benzene rings is 2. The van der Waals surface area contributed by atoms with Crippen molar-refractivity contribution in [3.63, 3.8) is 0 Å². The lowest BCUT2D eigenvalue weighted by Crippen LogP contribution is -2.53. The fraction of sp³-hybridized carbons (Fsp3) is 0.276. The monoisotopic (exact) mass is 569 g/mol. The summed E-state index contributed by atoms with van der Waals surface area (Å²) >= 11 is 0. The molecule has 1 aliphatic heterocycles. The zero-order chi connectivity index (χ0) is 25.9. The summed E-state index contributed by atoms with van der Waals surface area (Å²) in [5.41, 5.74) is 4.61. The molecule has 1 atom stereocenters. The number of amides is 2. The summed E-state index contributed by atoms with van der Waals surface area (Å²) in [6.45, 7) is 5.54. The molecule has 3 heterocycles. The Bertz CT molecular complexity index is 1440. The summed E-state index contributed by atoms with van der Waals surface area (Å²) < 4.78 is 8.62. The van der Waals surface area contributed by atoms with Crippen molar-refractivity contribution < 1.29 is 14.3 Å². The van der Waals surface area contributed by atoms with Crippen molar-refractivity contribution in [2.75, 3.05) is 26.7 Å². The van der Waals surface area contributed by atoms with Crippen LogP contribution in [0.5, 0.6) is 11.6 Å². The first-order valence-electron chi connectivity index (χ1n) is 12.5. The number of nitrogens with zero attached hydrogens (tertiary/aromatic N) is 3. The maximum atomic E-state index is 14.2. The number of halogens is 2. The standard InChI is InChI=1S/C29H31N5O3.2ClH/c1-19-9-7-10-20(2)27(19)37-29-25(28(36)33-16-15-31-21(18-33)17-24(35)30-3)26-23(13-8-14-32-26)34(29)22-11-5-4-6-12-22;;/h4-14,21,31H,15-18H2,1-3H3,(H,30,35);2*1H. The molecule has 0 radical (unpaired) electrons.